The Morgan fingerprint density at radius 2 is 2.09 bits per heavy atom. The van der Waals surface area contributed by atoms with Gasteiger partial charge in [0.25, 0.3) is 0 Å². The van der Waals surface area contributed by atoms with Gasteiger partial charge in [-0.25, -0.2) is 9.78 Å². The van der Waals surface area contributed by atoms with Crippen LogP contribution in [0, 0.1) is 6.92 Å². The zero-order valence-electron chi connectivity index (χ0n) is 13.6. The number of likely N-dealkylation sites (tertiary alicyclic amines) is 1. The Kier molecular flexibility index (Phi) is 3.45. The highest BCUT2D eigenvalue weighted by Gasteiger charge is 2.35. The summed E-state index contributed by atoms with van der Waals surface area (Å²) in [5.41, 5.74) is 2.25. The van der Waals surface area contributed by atoms with E-state index in [-0.39, 0.29) is 6.03 Å². The van der Waals surface area contributed by atoms with Crippen LogP contribution in [0.2, 0.25) is 0 Å². The number of aromatic nitrogens is 4. The molecule has 0 saturated carbocycles. The van der Waals surface area contributed by atoms with Crippen molar-refractivity contribution in [2.75, 3.05) is 13.1 Å². The molecule has 2 aromatic heterocycles. The minimum Gasteiger partial charge on any atom is -0.315 e. The third-order valence-corrected chi connectivity index (χ3v) is 5.09. The Morgan fingerprint density at radius 1 is 1.30 bits per heavy atom. The first-order valence-electron chi connectivity index (χ1n) is 8.17. The van der Waals surface area contributed by atoms with Crippen molar-refractivity contribution in [1.29, 1.82) is 0 Å². The number of piperidine rings is 1. The molecule has 0 bridgehead atoms. The van der Waals surface area contributed by atoms with Gasteiger partial charge in [0.2, 0.25) is 0 Å². The molecule has 0 atom stereocenters. The van der Waals surface area contributed by atoms with Crippen LogP contribution in [0.4, 0.5) is 4.79 Å². The minimum atomic E-state index is 0.0973. The van der Waals surface area contributed by atoms with Gasteiger partial charge in [-0.2, -0.15) is 5.10 Å². The van der Waals surface area contributed by atoms with E-state index in [1.165, 1.54) is 5.69 Å². The van der Waals surface area contributed by atoms with Crippen molar-refractivity contribution in [3.8, 4) is 0 Å². The second-order valence-electron chi connectivity index (χ2n) is 6.50. The molecule has 1 amide bonds. The van der Waals surface area contributed by atoms with Gasteiger partial charge in [0, 0.05) is 38.9 Å². The van der Waals surface area contributed by atoms with Crippen LogP contribution in [0.5, 0.6) is 0 Å². The average Bonchev–Trinajstić information content (AvgIpc) is 3.20. The summed E-state index contributed by atoms with van der Waals surface area (Å²) in [7, 11) is 1.98. The molecule has 23 heavy (non-hydrogen) atoms. The van der Waals surface area contributed by atoms with E-state index in [1.54, 1.807) is 4.57 Å². The van der Waals surface area contributed by atoms with E-state index in [2.05, 4.69) is 21.0 Å². The fraction of sp³-hybridized carbons (Fsp3) is 0.562. The SMILES string of the molecule is Cc1ncc2n1C(=O)N(C1CCN(Cc3ccnn3C)CC1)C2. The van der Waals surface area contributed by atoms with Crippen LogP contribution in [-0.2, 0) is 20.1 Å². The molecule has 0 N–H and O–H groups in total. The van der Waals surface area contributed by atoms with Crippen molar-refractivity contribution < 1.29 is 4.79 Å². The van der Waals surface area contributed by atoms with E-state index in [9.17, 15) is 4.79 Å². The predicted molar refractivity (Wildman–Crippen MR) is 84.8 cm³/mol. The number of carbonyl (C=O) groups excluding carboxylic acids is 1. The van der Waals surface area contributed by atoms with Crippen LogP contribution in [-0.4, -0.2) is 54.3 Å². The smallest absolute Gasteiger partial charge is 0.315 e. The number of amides is 1. The molecule has 0 unspecified atom stereocenters. The Morgan fingerprint density at radius 3 is 2.74 bits per heavy atom. The number of aryl methyl sites for hydroxylation is 2. The summed E-state index contributed by atoms with van der Waals surface area (Å²) in [4.78, 5) is 21.3. The molecule has 2 aliphatic rings. The Labute approximate surface area is 135 Å². The van der Waals surface area contributed by atoms with Crippen molar-refractivity contribution >= 4 is 6.03 Å². The molecule has 7 nitrogen and oxygen atoms in total. The summed E-state index contributed by atoms with van der Waals surface area (Å²) in [6.07, 6.45) is 5.72. The first-order valence-corrected chi connectivity index (χ1v) is 8.17. The molecule has 0 aromatic carbocycles. The fourth-order valence-electron chi connectivity index (χ4n) is 3.69. The number of hydrogen-bond donors (Lipinski definition) is 0. The first-order chi connectivity index (χ1) is 11.1. The molecule has 0 aliphatic carbocycles. The van der Waals surface area contributed by atoms with Gasteiger partial charge in [0.05, 0.1) is 24.1 Å². The van der Waals surface area contributed by atoms with E-state index in [4.69, 9.17) is 0 Å². The monoisotopic (exact) mass is 314 g/mol. The van der Waals surface area contributed by atoms with Gasteiger partial charge in [-0.05, 0) is 25.8 Å². The highest BCUT2D eigenvalue weighted by molar-refractivity contribution is 5.81. The highest BCUT2D eigenvalue weighted by atomic mass is 16.2. The van der Waals surface area contributed by atoms with Crippen LogP contribution >= 0.6 is 0 Å². The Bertz CT molecular complexity index is 725. The summed E-state index contributed by atoms with van der Waals surface area (Å²) in [6, 6.07) is 2.50. The predicted octanol–water partition coefficient (Wildman–Crippen LogP) is 1.37. The zero-order chi connectivity index (χ0) is 16.0. The standard InChI is InChI=1S/C16H22N6O/c1-12-17-9-15-11-21(16(23)22(12)15)13-4-7-20(8-5-13)10-14-3-6-18-19(14)2/h3,6,9,13H,4-5,7-8,10-11H2,1-2H3. The molecular weight excluding hydrogens is 292 g/mol. The zero-order valence-corrected chi connectivity index (χ0v) is 13.6. The van der Waals surface area contributed by atoms with Crippen LogP contribution in [0.1, 0.15) is 30.1 Å². The number of fused-ring (bicyclic) bond motifs is 1. The summed E-state index contributed by atoms with van der Waals surface area (Å²) in [5.74, 6) is 0.793. The number of nitrogens with zero attached hydrogens (tertiary/aromatic N) is 6. The summed E-state index contributed by atoms with van der Waals surface area (Å²) < 4.78 is 3.68. The number of rotatable bonds is 3. The van der Waals surface area contributed by atoms with E-state index < -0.39 is 0 Å². The largest absolute Gasteiger partial charge is 0.330 e. The van der Waals surface area contributed by atoms with Gasteiger partial charge in [-0.15, -0.1) is 0 Å². The molecule has 0 spiro atoms. The van der Waals surface area contributed by atoms with Crippen molar-refractivity contribution in [3.05, 3.63) is 35.7 Å². The van der Waals surface area contributed by atoms with Gasteiger partial charge in [0.1, 0.15) is 5.82 Å². The van der Waals surface area contributed by atoms with Crippen LogP contribution < -0.4 is 0 Å². The Hall–Kier alpha value is -2.15. The quantitative estimate of drug-likeness (QED) is 0.858. The summed E-state index contributed by atoms with van der Waals surface area (Å²) in [6.45, 7) is 5.56. The topological polar surface area (TPSA) is 59.2 Å². The van der Waals surface area contributed by atoms with Crippen molar-refractivity contribution in [2.24, 2.45) is 7.05 Å². The van der Waals surface area contributed by atoms with Crippen molar-refractivity contribution in [2.45, 2.75) is 38.9 Å². The normalized spacial score (nSPS) is 19.6. The second kappa shape index (κ2) is 5.49. The lowest BCUT2D eigenvalue weighted by Crippen LogP contribution is -2.45. The van der Waals surface area contributed by atoms with Crippen molar-refractivity contribution in [1.82, 2.24) is 29.1 Å². The molecule has 4 rings (SSSR count). The first kappa shape index (κ1) is 14.4. The van der Waals surface area contributed by atoms with Crippen molar-refractivity contribution in [3.63, 3.8) is 0 Å². The highest BCUT2D eigenvalue weighted by Crippen LogP contribution is 2.26. The van der Waals surface area contributed by atoms with E-state index >= 15 is 0 Å². The fourth-order valence-corrected chi connectivity index (χ4v) is 3.69. The van der Waals surface area contributed by atoms with Crippen LogP contribution in [0.3, 0.4) is 0 Å². The van der Waals surface area contributed by atoms with Gasteiger partial charge in [0.15, 0.2) is 0 Å². The van der Waals surface area contributed by atoms with E-state index in [0.717, 1.165) is 44.0 Å². The molecule has 0 radical (unpaired) electrons. The number of imidazole rings is 1. The van der Waals surface area contributed by atoms with Gasteiger partial charge < -0.3 is 4.90 Å². The van der Waals surface area contributed by atoms with Gasteiger partial charge >= 0.3 is 6.03 Å². The molecule has 1 fully saturated rings. The molecular formula is C16H22N6O. The third-order valence-electron chi connectivity index (χ3n) is 5.09. The van der Waals surface area contributed by atoms with Gasteiger partial charge in [-0.3, -0.25) is 14.1 Å². The summed E-state index contributed by atoms with van der Waals surface area (Å²) >= 11 is 0. The maximum atomic E-state index is 12.6. The maximum absolute atomic E-state index is 12.6. The molecule has 2 aliphatic heterocycles. The van der Waals surface area contributed by atoms with E-state index in [1.807, 2.05) is 35.9 Å². The third kappa shape index (κ3) is 2.45. The number of carbonyl (C=O) groups is 1. The summed E-state index contributed by atoms with van der Waals surface area (Å²) in [5, 5.41) is 4.22. The lowest BCUT2D eigenvalue weighted by molar-refractivity contribution is 0.121. The molecule has 1 saturated heterocycles. The second-order valence-corrected chi connectivity index (χ2v) is 6.50. The minimum absolute atomic E-state index is 0.0973. The van der Waals surface area contributed by atoms with Crippen LogP contribution in [0.25, 0.3) is 0 Å². The average molecular weight is 314 g/mol. The molecule has 4 heterocycles. The molecule has 7 heteroatoms. The molecule has 2 aromatic rings. The van der Waals surface area contributed by atoms with Gasteiger partial charge in [-0.1, -0.05) is 0 Å². The Balaban J connectivity index is 1.37. The molecule has 122 valence electrons. The lowest BCUT2D eigenvalue weighted by atomic mass is 10.0. The van der Waals surface area contributed by atoms with Crippen LogP contribution in [0.15, 0.2) is 18.5 Å². The maximum Gasteiger partial charge on any atom is 0.330 e. The van der Waals surface area contributed by atoms with E-state index in [0.29, 0.717) is 12.6 Å². The number of hydrogen-bond acceptors (Lipinski definition) is 4. The lowest BCUT2D eigenvalue weighted by Gasteiger charge is -2.36.